The van der Waals surface area contributed by atoms with Gasteiger partial charge in [-0.15, -0.1) is 0 Å². The molecule has 0 heterocycles. The van der Waals surface area contributed by atoms with E-state index in [4.69, 9.17) is 0 Å². The average molecular weight is 319 g/mol. The second-order valence-electron chi connectivity index (χ2n) is 4.16. The van der Waals surface area contributed by atoms with E-state index in [2.05, 4.69) is 45.0 Å². The molecule has 1 aromatic rings. The molecule has 0 radical (unpaired) electrons. The number of aryl methyl sites for hydroxylation is 1. The number of unbranched alkanes of at least 4 members (excludes halogenated alkanes) is 1. The molecule has 0 N–H and O–H groups in total. The number of benzene rings is 1. The van der Waals surface area contributed by atoms with Crippen LogP contribution >= 0.6 is 0 Å². The molecule has 0 fully saturated rings. The van der Waals surface area contributed by atoms with Crippen LogP contribution in [0.25, 0.3) is 0 Å². The van der Waals surface area contributed by atoms with Crippen molar-refractivity contribution in [3.05, 3.63) is 35.4 Å². The van der Waals surface area contributed by atoms with E-state index in [1.807, 2.05) is 0 Å². The summed E-state index contributed by atoms with van der Waals surface area (Å²) in [4.78, 5) is 0. The maximum atomic E-state index is 2.29. The van der Waals surface area contributed by atoms with Crippen LogP contribution in [0.15, 0.2) is 24.3 Å². The van der Waals surface area contributed by atoms with Crippen LogP contribution in [0.5, 0.6) is 0 Å². The second kappa shape index (κ2) is 28.4. The van der Waals surface area contributed by atoms with Crippen molar-refractivity contribution < 1.29 is 0 Å². The van der Waals surface area contributed by atoms with Crippen molar-refractivity contribution >= 4 is 0 Å². The molecule has 1 aromatic carbocycles. The molecule has 0 aliphatic carbocycles. The Balaban J connectivity index is -0.0000000408. The summed E-state index contributed by atoms with van der Waals surface area (Å²) in [6.07, 6.45) is 5.27. The van der Waals surface area contributed by atoms with Crippen molar-refractivity contribution in [1.29, 1.82) is 0 Å². The zero-order valence-electron chi connectivity index (χ0n) is 9.72. The monoisotopic (exact) mass is 318 g/mol. The van der Waals surface area contributed by atoms with Crippen LogP contribution in [0.2, 0.25) is 0 Å². The Labute approximate surface area is 147 Å². The van der Waals surface area contributed by atoms with Crippen LogP contribution in [0.4, 0.5) is 0 Å². The maximum absolute atomic E-state index is 2.29. The van der Waals surface area contributed by atoms with Gasteiger partial charge < -0.3 is 0 Å². The van der Waals surface area contributed by atoms with E-state index in [1.54, 1.807) is 0 Å². The quantitative estimate of drug-likeness (QED) is 0.506. The summed E-state index contributed by atoms with van der Waals surface area (Å²) in [6, 6.07) is 9.03. The predicted octanol–water partition coefficient (Wildman–Crippen LogP) is 9.77. The van der Waals surface area contributed by atoms with Crippen molar-refractivity contribution in [2.24, 2.45) is 0 Å². The molecule has 0 heteroatoms. The number of hydrogen-bond donors (Lipinski definition) is 0. The fourth-order valence-electron chi connectivity index (χ4n) is 1.90. The van der Waals surface area contributed by atoms with Gasteiger partial charge in [0.25, 0.3) is 0 Å². The van der Waals surface area contributed by atoms with Gasteiger partial charge in [-0.05, 0) is 31.2 Å². The topological polar surface area (TPSA) is 0 Å². The summed E-state index contributed by atoms with van der Waals surface area (Å²) >= 11 is 0. The highest BCUT2D eigenvalue weighted by Crippen LogP contribution is 2.25. The molecule has 1 atom stereocenters. The lowest BCUT2D eigenvalue weighted by atomic mass is 9.91. The van der Waals surface area contributed by atoms with Crippen molar-refractivity contribution in [1.82, 2.24) is 0 Å². The molecule has 22 heavy (non-hydrogen) atoms. The summed E-state index contributed by atoms with van der Waals surface area (Å²) in [5.74, 6) is 0.774. The molecule has 0 spiro atoms. The van der Waals surface area contributed by atoms with Gasteiger partial charge in [0, 0.05) is 0 Å². The second-order valence-corrected chi connectivity index (χ2v) is 4.16. The standard InChI is InChI=1S/C14H22.8CH4/c1-4-6-7-13(5-2)14-10-8-12(3)9-11-14;;;;;;;;/h8-11,13H,4-7H2,1-3H3;8*1H4. The molecule has 0 aromatic heterocycles. The Morgan fingerprint density at radius 3 is 1.45 bits per heavy atom. The minimum atomic E-state index is 0. The largest absolute Gasteiger partial charge is 0.0776 e. The third kappa shape index (κ3) is 17.3. The molecule has 0 nitrogen and oxygen atoms in total. The van der Waals surface area contributed by atoms with Gasteiger partial charge in [0.2, 0.25) is 0 Å². The van der Waals surface area contributed by atoms with E-state index in [-0.39, 0.29) is 59.4 Å². The number of rotatable bonds is 5. The first-order valence-corrected chi connectivity index (χ1v) is 5.84. The zero-order valence-corrected chi connectivity index (χ0v) is 9.72. The molecule has 1 unspecified atom stereocenters. The van der Waals surface area contributed by atoms with Gasteiger partial charge in [0.05, 0.1) is 0 Å². The zero-order chi connectivity index (χ0) is 10.4. The van der Waals surface area contributed by atoms with Gasteiger partial charge in [-0.1, -0.05) is 116 Å². The van der Waals surface area contributed by atoms with E-state index >= 15 is 0 Å². The molecule has 0 aliphatic heterocycles. The van der Waals surface area contributed by atoms with E-state index in [0.29, 0.717) is 0 Å². The molecule has 0 saturated carbocycles. The van der Waals surface area contributed by atoms with Crippen LogP contribution in [-0.4, -0.2) is 0 Å². The molecule has 0 bridgehead atoms. The van der Waals surface area contributed by atoms with Crippen LogP contribution in [-0.2, 0) is 0 Å². The average Bonchev–Trinajstić information content (AvgIpc) is 2.21. The molecule has 1 rings (SSSR count). The molecular weight excluding hydrogens is 264 g/mol. The highest BCUT2D eigenvalue weighted by Gasteiger charge is 2.07. The summed E-state index contributed by atoms with van der Waals surface area (Å²) < 4.78 is 0. The molecular formula is C22H54. The van der Waals surface area contributed by atoms with Crippen LogP contribution < -0.4 is 0 Å². The first-order chi connectivity index (χ1) is 6.77. The van der Waals surface area contributed by atoms with Crippen molar-refractivity contribution in [3.8, 4) is 0 Å². The third-order valence-electron chi connectivity index (χ3n) is 2.95. The highest BCUT2D eigenvalue weighted by molar-refractivity contribution is 5.24. The minimum Gasteiger partial charge on any atom is -0.0776 e. The van der Waals surface area contributed by atoms with Gasteiger partial charge in [0.1, 0.15) is 0 Å². The number of hydrogen-bond acceptors (Lipinski definition) is 0. The minimum absolute atomic E-state index is 0. The van der Waals surface area contributed by atoms with Gasteiger partial charge in [-0.2, -0.15) is 0 Å². The lowest BCUT2D eigenvalue weighted by Gasteiger charge is -2.14. The van der Waals surface area contributed by atoms with Gasteiger partial charge >= 0.3 is 0 Å². The maximum Gasteiger partial charge on any atom is -0.0165 e. The van der Waals surface area contributed by atoms with Crippen LogP contribution in [0, 0.1) is 6.92 Å². The summed E-state index contributed by atoms with van der Waals surface area (Å²) in [6.45, 7) is 6.71. The molecule has 0 saturated heterocycles. The van der Waals surface area contributed by atoms with Gasteiger partial charge in [-0.3, -0.25) is 0 Å². The van der Waals surface area contributed by atoms with Crippen molar-refractivity contribution in [3.63, 3.8) is 0 Å². The molecule has 142 valence electrons. The lowest BCUT2D eigenvalue weighted by molar-refractivity contribution is 0.569. The third-order valence-corrected chi connectivity index (χ3v) is 2.95. The summed E-state index contributed by atoms with van der Waals surface area (Å²) in [5, 5.41) is 0. The van der Waals surface area contributed by atoms with Gasteiger partial charge in [0.15, 0.2) is 0 Å². The highest BCUT2D eigenvalue weighted by atomic mass is 14.1. The normalized spacial score (nSPS) is 8.14. The van der Waals surface area contributed by atoms with Gasteiger partial charge in [-0.25, -0.2) is 0 Å². The van der Waals surface area contributed by atoms with Crippen molar-refractivity contribution in [2.75, 3.05) is 0 Å². The molecule has 0 aliphatic rings. The fourth-order valence-corrected chi connectivity index (χ4v) is 1.90. The smallest absolute Gasteiger partial charge is 0.0165 e. The Hall–Kier alpha value is -0.780. The first kappa shape index (κ1) is 49.6. The Morgan fingerprint density at radius 1 is 0.727 bits per heavy atom. The Morgan fingerprint density at radius 2 is 1.14 bits per heavy atom. The Kier molecular flexibility index (Phi) is 64.1. The summed E-state index contributed by atoms with van der Waals surface area (Å²) in [7, 11) is 0. The van der Waals surface area contributed by atoms with E-state index < -0.39 is 0 Å². The Bertz CT molecular complexity index is 245. The van der Waals surface area contributed by atoms with E-state index in [9.17, 15) is 0 Å². The fraction of sp³-hybridized carbons (Fsp3) is 0.727. The van der Waals surface area contributed by atoms with E-state index in [1.165, 1.54) is 36.8 Å². The summed E-state index contributed by atoms with van der Waals surface area (Å²) in [5.41, 5.74) is 2.88. The van der Waals surface area contributed by atoms with E-state index in [0.717, 1.165) is 5.92 Å². The predicted molar refractivity (Wildman–Crippen MR) is 118 cm³/mol. The van der Waals surface area contributed by atoms with Crippen LogP contribution in [0.3, 0.4) is 0 Å². The van der Waals surface area contributed by atoms with Crippen LogP contribution in [0.1, 0.15) is 116 Å². The van der Waals surface area contributed by atoms with Crippen molar-refractivity contribution in [2.45, 2.75) is 112 Å². The lowest BCUT2D eigenvalue weighted by Crippen LogP contribution is -1.97. The SMILES string of the molecule is C.C.C.C.C.C.C.C.CCCCC(CC)c1ccc(C)cc1. The molecule has 0 amide bonds. The first-order valence-electron chi connectivity index (χ1n) is 5.84.